The molecule has 4 heteroatoms. The summed E-state index contributed by atoms with van der Waals surface area (Å²) >= 11 is 0. The Morgan fingerprint density at radius 2 is 1.75 bits per heavy atom. The molecule has 3 aromatic carbocycles. The molecular formula is C28H29NO3. The van der Waals surface area contributed by atoms with Crippen molar-refractivity contribution in [2.75, 3.05) is 20.2 Å². The van der Waals surface area contributed by atoms with E-state index in [1.54, 1.807) is 18.1 Å². The first kappa shape index (κ1) is 21.7. The van der Waals surface area contributed by atoms with Crippen LogP contribution in [0.15, 0.2) is 65.3 Å². The summed E-state index contributed by atoms with van der Waals surface area (Å²) < 4.78 is 11.8. The van der Waals surface area contributed by atoms with Crippen LogP contribution < -0.4 is 4.74 Å². The molecule has 0 saturated carbocycles. The van der Waals surface area contributed by atoms with Gasteiger partial charge < -0.3 is 14.1 Å². The fourth-order valence-corrected chi connectivity index (χ4v) is 4.43. The number of likely N-dealkylation sites (N-methyl/N-ethyl adjacent to an activating group) is 1. The van der Waals surface area contributed by atoms with Gasteiger partial charge in [0.05, 0.1) is 13.4 Å². The molecule has 0 unspecified atom stereocenters. The predicted octanol–water partition coefficient (Wildman–Crippen LogP) is 6.84. The van der Waals surface area contributed by atoms with E-state index in [9.17, 15) is 4.79 Å². The standard InChI is InChI=1S/C28H29NO3/c1-6-29(7-2)26(30)15-18(3)23-16-24-25(17-32-28(24)19(4)27(23)31-5)22-14-10-12-20-11-8-9-13-21(20)22/h8-17H,6-7H2,1-5H3/b18-15+. The highest BCUT2D eigenvalue weighted by atomic mass is 16.5. The third kappa shape index (κ3) is 3.66. The number of hydrogen-bond donors (Lipinski definition) is 0. The van der Waals surface area contributed by atoms with Gasteiger partial charge in [0, 0.05) is 41.2 Å². The highest BCUT2D eigenvalue weighted by molar-refractivity contribution is 6.07. The van der Waals surface area contributed by atoms with Crippen LogP contribution in [0, 0.1) is 6.92 Å². The topological polar surface area (TPSA) is 42.7 Å². The van der Waals surface area contributed by atoms with Crippen molar-refractivity contribution in [3.8, 4) is 16.9 Å². The van der Waals surface area contributed by atoms with Crippen molar-refractivity contribution in [1.29, 1.82) is 0 Å². The maximum Gasteiger partial charge on any atom is 0.246 e. The van der Waals surface area contributed by atoms with Crippen LogP contribution >= 0.6 is 0 Å². The molecular weight excluding hydrogens is 398 g/mol. The molecule has 4 aromatic rings. The van der Waals surface area contributed by atoms with Gasteiger partial charge in [0.2, 0.25) is 5.91 Å². The monoisotopic (exact) mass is 427 g/mol. The average molecular weight is 428 g/mol. The molecule has 0 aliphatic heterocycles. The fraction of sp³-hybridized carbons (Fsp3) is 0.250. The van der Waals surface area contributed by atoms with Crippen molar-refractivity contribution in [2.45, 2.75) is 27.7 Å². The maximum absolute atomic E-state index is 12.7. The molecule has 0 spiro atoms. The van der Waals surface area contributed by atoms with Gasteiger partial charge in [-0.15, -0.1) is 0 Å². The first-order chi connectivity index (χ1) is 15.5. The minimum atomic E-state index is 0.00812. The Bertz CT molecular complexity index is 1320. The molecule has 4 nitrogen and oxygen atoms in total. The Morgan fingerprint density at radius 1 is 1.03 bits per heavy atom. The third-order valence-corrected chi connectivity index (χ3v) is 6.17. The summed E-state index contributed by atoms with van der Waals surface area (Å²) in [6.45, 7) is 9.30. The lowest BCUT2D eigenvalue weighted by molar-refractivity contribution is -0.125. The number of benzene rings is 3. The van der Waals surface area contributed by atoms with Crippen molar-refractivity contribution >= 4 is 33.2 Å². The molecule has 1 heterocycles. The molecule has 4 rings (SSSR count). The summed E-state index contributed by atoms with van der Waals surface area (Å²) in [5, 5.41) is 3.38. The fourth-order valence-electron chi connectivity index (χ4n) is 4.43. The molecule has 0 bridgehead atoms. The normalized spacial score (nSPS) is 11.8. The molecule has 1 aromatic heterocycles. The van der Waals surface area contributed by atoms with Gasteiger partial charge in [-0.25, -0.2) is 0 Å². The van der Waals surface area contributed by atoms with Crippen LogP contribution in [0.5, 0.6) is 5.75 Å². The average Bonchev–Trinajstić information content (AvgIpc) is 3.23. The molecule has 0 radical (unpaired) electrons. The summed E-state index contributed by atoms with van der Waals surface area (Å²) in [7, 11) is 1.66. The highest BCUT2D eigenvalue weighted by Crippen LogP contribution is 2.42. The number of ether oxygens (including phenoxy) is 1. The number of nitrogens with zero attached hydrogens (tertiary/aromatic N) is 1. The Kier molecular flexibility index (Phi) is 6.04. The predicted molar refractivity (Wildman–Crippen MR) is 132 cm³/mol. The zero-order chi connectivity index (χ0) is 22.8. The van der Waals surface area contributed by atoms with Gasteiger partial charge in [0.15, 0.2) is 0 Å². The first-order valence-electron chi connectivity index (χ1n) is 11.0. The second-order valence-electron chi connectivity index (χ2n) is 7.97. The van der Waals surface area contributed by atoms with E-state index in [-0.39, 0.29) is 5.91 Å². The molecule has 0 fully saturated rings. The number of hydrogen-bond acceptors (Lipinski definition) is 3. The molecule has 0 aliphatic rings. The van der Waals surface area contributed by atoms with Crippen LogP contribution in [0.1, 0.15) is 31.9 Å². The van der Waals surface area contributed by atoms with Crippen molar-refractivity contribution in [2.24, 2.45) is 0 Å². The number of furan rings is 1. The van der Waals surface area contributed by atoms with Crippen LogP contribution in [-0.2, 0) is 4.79 Å². The van der Waals surface area contributed by atoms with Crippen molar-refractivity contribution in [1.82, 2.24) is 4.90 Å². The van der Waals surface area contributed by atoms with E-state index >= 15 is 0 Å². The Hall–Kier alpha value is -3.53. The molecule has 0 N–H and O–H groups in total. The van der Waals surface area contributed by atoms with Gasteiger partial charge in [0.1, 0.15) is 11.3 Å². The van der Waals surface area contributed by atoms with Gasteiger partial charge in [-0.1, -0.05) is 42.5 Å². The zero-order valence-corrected chi connectivity index (χ0v) is 19.4. The Labute approximate surface area is 189 Å². The van der Waals surface area contributed by atoms with E-state index in [0.29, 0.717) is 13.1 Å². The number of fused-ring (bicyclic) bond motifs is 2. The lowest BCUT2D eigenvalue weighted by Gasteiger charge is -2.18. The van der Waals surface area contributed by atoms with E-state index in [2.05, 4.69) is 42.5 Å². The molecule has 0 aliphatic carbocycles. The summed E-state index contributed by atoms with van der Waals surface area (Å²) in [5.74, 6) is 0.742. The number of carbonyl (C=O) groups excluding carboxylic acids is 1. The molecule has 0 atom stereocenters. The summed E-state index contributed by atoms with van der Waals surface area (Å²) in [6.07, 6.45) is 3.52. The lowest BCUT2D eigenvalue weighted by atomic mass is 9.94. The number of allylic oxidation sites excluding steroid dienone is 1. The summed E-state index contributed by atoms with van der Waals surface area (Å²) in [5.41, 5.74) is 5.66. The number of rotatable bonds is 6. The van der Waals surface area contributed by atoms with E-state index in [1.807, 2.05) is 40.0 Å². The van der Waals surface area contributed by atoms with Gasteiger partial charge in [-0.2, -0.15) is 0 Å². The number of aryl methyl sites for hydroxylation is 1. The van der Waals surface area contributed by atoms with Crippen molar-refractivity contribution < 1.29 is 13.9 Å². The van der Waals surface area contributed by atoms with Crippen molar-refractivity contribution in [3.63, 3.8) is 0 Å². The van der Waals surface area contributed by atoms with E-state index in [4.69, 9.17) is 9.15 Å². The van der Waals surface area contributed by atoms with E-state index in [0.717, 1.165) is 44.5 Å². The lowest BCUT2D eigenvalue weighted by Crippen LogP contribution is -2.28. The Balaban J connectivity index is 1.93. The van der Waals surface area contributed by atoms with Crippen LogP contribution in [0.3, 0.4) is 0 Å². The number of amides is 1. The van der Waals surface area contributed by atoms with Gasteiger partial charge >= 0.3 is 0 Å². The van der Waals surface area contributed by atoms with Gasteiger partial charge in [-0.05, 0) is 55.7 Å². The summed E-state index contributed by atoms with van der Waals surface area (Å²) in [6, 6.07) is 16.8. The first-order valence-corrected chi connectivity index (χ1v) is 11.0. The van der Waals surface area contributed by atoms with E-state index < -0.39 is 0 Å². The SMILES string of the molecule is CCN(CC)C(=O)/C=C(\C)c1cc2c(-c3cccc4ccccc34)coc2c(C)c1OC. The number of methoxy groups -OCH3 is 1. The quantitative estimate of drug-likeness (QED) is 0.316. The van der Waals surface area contributed by atoms with Crippen LogP contribution in [-0.4, -0.2) is 31.0 Å². The van der Waals surface area contributed by atoms with E-state index in [1.165, 1.54) is 10.8 Å². The van der Waals surface area contributed by atoms with Crippen LogP contribution in [0.25, 0.3) is 38.4 Å². The zero-order valence-electron chi connectivity index (χ0n) is 19.4. The minimum absolute atomic E-state index is 0.00812. The number of carbonyl (C=O) groups is 1. The largest absolute Gasteiger partial charge is 0.496 e. The third-order valence-electron chi connectivity index (χ3n) is 6.17. The molecule has 164 valence electrons. The van der Waals surface area contributed by atoms with Gasteiger partial charge in [-0.3, -0.25) is 4.79 Å². The summed E-state index contributed by atoms with van der Waals surface area (Å²) in [4.78, 5) is 14.5. The molecule has 1 amide bonds. The second kappa shape index (κ2) is 8.91. The smallest absolute Gasteiger partial charge is 0.246 e. The van der Waals surface area contributed by atoms with Crippen molar-refractivity contribution in [3.05, 3.63) is 72.0 Å². The van der Waals surface area contributed by atoms with Crippen LogP contribution in [0.2, 0.25) is 0 Å². The van der Waals surface area contributed by atoms with Gasteiger partial charge in [0.25, 0.3) is 0 Å². The van der Waals surface area contributed by atoms with Crippen LogP contribution in [0.4, 0.5) is 0 Å². The second-order valence-corrected chi connectivity index (χ2v) is 7.97. The Morgan fingerprint density at radius 3 is 2.47 bits per heavy atom. The molecule has 32 heavy (non-hydrogen) atoms. The highest BCUT2D eigenvalue weighted by Gasteiger charge is 2.20. The maximum atomic E-state index is 12.7. The molecule has 0 saturated heterocycles. The minimum Gasteiger partial charge on any atom is -0.496 e.